The molecule has 1 fully saturated rings. The average molecular weight is 419 g/mol. The highest BCUT2D eigenvalue weighted by Gasteiger charge is 2.44. The van der Waals surface area contributed by atoms with Crippen molar-refractivity contribution in [2.45, 2.75) is 38.1 Å². The molecular weight excluding hydrogens is 398 g/mol. The molecule has 11 nitrogen and oxygen atoms in total. The molecule has 1 aliphatic rings. The van der Waals surface area contributed by atoms with Crippen LogP contribution < -0.4 is 0 Å². The highest BCUT2D eigenvalue weighted by molar-refractivity contribution is 7.89. The summed E-state index contributed by atoms with van der Waals surface area (Å²) in [6, 6.07) is -0.455. The summed E-state index contributed by atoms with van der Waals surface area (Å²) in [5.41, 5.74) is 0.281. The van der Waals surface area contributed by atoms with Gasteiger partial charge in [-0.05, 0) is 13.8 Å². The summed E-state index contributed by atoms with van der Waals surface area (Å²) in [6.07, 6.45) is 1.37. The van der Waals surface area contributed by atoms with Gasteiger partial charge < -0.3 is 9.05 Å². The van der Waals surface area contributed by atoms with Crippen molar-refractivity contribution in [3.63, 3.8) is 0 Å². The van der Waals surface area contributed by atoms with Gasteiger partial charge in [-0.2, -0.15) is 13.6 Å². The average Bonchev–Trinajstić information content (AvgIpc) is 3.05. The Balaban J connectivity index is 1.71. The normalized spacial score (nSPS) is 16.8. The zero-order chi connectivity index (χ0) is 20.0. The maximum Gasteiger partial charge on any atom is 0.248 e. The molecule has 0 N–H and O–H groups in total. The first-order chi connectivity index (χ1) is 12.5. The molecule has 2 aromatic heterocycles. The van der Waals surface area contributed by atoms with Crippen molar-refractivity contribution in [3.05, 3.63) is 23.2 Å². The molecule has 0 amide bonds. The highest BCUT2D eigenvalue weighted by Crippen LogP contribution is 2.29. The van der Waals surface area contributed by atoms with Crippen LogP contribution >= 0.6 is 0 Å². The van der Waals surface area contributed by atoms with E-state index in [2.05, 4.69) is 15.3 Å². The Labute approximate surface area is 157 Å². The van der Waals surface area contributed by atoms with Crippen molar-refractivity contribution < 1.29 is 25.9 Å². The van der Waals surface area contributed by atoms with E-state index in [1.165, 1.54) is 15.5 Å². The van der Waals surface area contributed by atoms with Gasteiger partial charge in [-0.3, -0.25) is 0 Å². The first-order valence-electron chi connectivity index (χ1n) is 8.19. The van der Waals surface area contributed by atoms with E-state index in [1.807, 2.05) is 0 Å². The lowest BCUT2D eigenvalue weighted by Crippen LogP contribution is -2.62. The molecule has 0 radical (unpaired) electrons. The van der Waals surface area contributed by atoms with E-state index in [-0.39, 0.29) is 42.4 Å². The van der Waals surface area contributed by atoms with E-state index in [9.17, 15) is 16.8 Å². The molecule has 1 aliphatic heterocycles. The summed E-state index contributed by atoms with van der Waals surface area (Å²) in [5, 5.41) is 7.42. The van der Waals surface area contributed by atoms with E-state index in [0.29, 0.717) is 11.7 Å². The zero-order valence-corrected chi connectivity index (χ0v) is 17.0. The second-order valence-corrected chi connectivity index (χ2v) is 10.3. The van der Waals surface area contributed by atoms with E-state index < -0.39 is 26.1 Å². The van der Waals surface area contributed by atoms with Crippen LogP contribution in [0.3, 0.4) is 0 Å². The predicted octanol–water partition coefficient (Wildman–Crippen LogP) is -0.140. The molecule has 0 unspecified atom stereocenters. The molecule has 0 saturated carbocycles. The maximum absolute atomic E-state index is 12.7. The lowest BCUT2D eigenvalue weighted by atomic mass is 10.2. The van der Waals surface area contributed by atoms with Gasteiger partial charge in [0.15, 0.2) is 11.6 Å². The summed E-state index contributed by atoms with van der Waals surface area (Å²) in [7, 11) is -7.31. The van der Waals surface area contributed by atoms with Crippen LogP contribution in [-0.4, -0.2) is 72.7 Å². The Morgan fingerprint density at radius 2 is 1.78 bits per heavy atom. The molecule has 0 bridgehead atoms. The minimum absolute atomic E-state index is 0.0362. The largest absolute Gasteiger partial charge is 0.360 e. The maximum atomic E-state index is 12.7. The third-order valence-corrected chi connectivity index (χ3v) is 7.76. The third kappa shape index (κ3) is 3.90. The highest BCUT2D eigenvalue weighted by atomic mass is 32.2. The number of sulfonamides is 2. The van der Waals surface area contributed by atoms with Crippen LogP contribution in [-0.2, 0) is 26.5 Å². The van der Waals surface area contributed by atoms with E-state index in [1.54, 1.807) is 13.8 Å². The molecule has 0 aliphatic carbocycles. The Morgan fingerprint density at radius 1 is 1.11 bits per heavy atom. The van der Waals surface area contributed by atoms with Gasteiger partial charge in [0.25, 0.3) is 0 Å². The molecule has 3 heterocycles. The van der Waals surface area contributed by atoms with Crippen LogP contribution in [0.4, 0.5) is 0 Å². The lowest BCUT2D eigenvalue weighted by molar-refractivity contribution is 0.155. The van der Waals surface area contributed by atoms with Crippen LogP contribution in [0.2, 0.25) is 0 Å². The number of hydrogen-bond acceptors (Lipinski definition) is 9. The molecule has 3 rings (SSSR count). The van der Waals surface area contributed by atoms with Gasteiger partial charge in [-0.1, -0.05) is 10.3 Å². The second kappa shape index (κ2) is 6.96. The summed E-state index contributed by atoms with van der Waals surface area (Å²) in [5.74, 6) is 1.01. The van der Waals surface area contributed by atoms with Crippen molar-refractivity contribution in [1.82, 2.24) is 23.9 Å². The Kier molecular flexibility index (Phi) is 5.14. The molecule has 1 saturated heterocycles. The van der Waals surface area contributed by atoms with Gasteiger partial charge in [-0.15, -0.1) is 0 Å². The zero-order valence-electron chi connectivity index (χ0n) is 15.4. The first-order valence-corrected chi connectivity index (χ1v) is 11.5. The number of aryl methyl sites for hydroxylation is 3. The number of rotatable bonds is 7. The van der Waals surface area contributed by atoms with Crippen molar-refractivity contribution in [1.29, 1.82) is 0 Å². The lowest BCUT2D eigenvalue weighted by Gasteiger charge is -2.43. The fourth-order valence-electron chi connectivity index (χ4n) is 3.04. The van der Waals surface area contributed by atoms with Crippen LogP contribution in [0, 0.1) is 20.8 Å². The van der Waals surface area contributed by atoms with Gasteiger partial charge in [-0.25, -0.2) is 16.8 Å². The predicted molar refractivity (Wildman–Crippen MR) is 92.8 cm³/mol. The molecule has 0 spiro atoms. The van der Waals surface area contributed by atoms with Crippen LogP contribution in [0.15, 0.2) is 13.9 Å². The molecule has 2 aromatic rings. The van der Waals surface area contributed by atoms with Crippen LogP contribution in [0.1, 0.15) is 23.2 Å². The molecule has 0 atom stereocenters. The SMILES string of the molecule is Cc1nc(CCN(C2CN(S(=O)(=O)c3c(C)noc3C)C2)S(C)(=O)=O)no1. The van der Waals surface area contributed by atoms with Gasteiger partial charge >= 0.3 is 0 Å². The van der Waals surface area contributed by atoms with Gasteiger partial charge in [0.05, 0.1) is 12.3 Å². The van der Waals surface area contributed by atoms with Gasteiger partial charge in [0, 0.05) is 33.0 Å². The minimum atomic E-state index is -3.78. The first kappa shape index (κ1) is 19.9. The van der Waals surface area contributed by atoms with Crippen molar-refractivity contribution in [2.75, 3.05) is 25.9 Å². The Morgan fingerprint density at radius 3 is 2.26 bits per heavy atom. The second-order valence-electron chi connectivity index (χ2n) is 6.48. The van der Waals surface area contributed by atoms with Crippen molar-refractivity contribution in [3.8, 4) is 0 Å². The van der Waals surface area contributed by atoms with Gasteiger partial charge in [0.1, 0.15) is 10.6 Å². The topological polar surface area (TPSA) is 140 Å². The molecule has 0 aromatic carbocycles. The fourth-order valence-corrected chi connectivity index (χ4v) is 5.94. The van der Waals surface area contributed by atoms with Gasteiger partial charge in [0.2, 0.25) is 25.9 Å². The Bertz CT molecular complexity index is 1020. The van der Waals surface area contributed by atoms with Crippen LogP contribution in [0.5, 0.6) is 0 Å². The summed E-state index contributed by atoms with van der Waals surface area (Å²) in [6.45, 7) is 4.99. The standard InChI is InChI=1S/C14H21N5O6S2/c1-9-14(10(2)24-16-9)27(22,23)18-7-12(8-18)19(26(4,20)21)6-5-13-15-11(3)25-17-13/h12H,5-8H2,1-4H3. The van der Waals surface area contributed by atoms with Crippen molar-refractivity contribution >= 4 is 20.0 Å². The minimum Gasteiger partial charge on any atom is -0.360 e. The third-order valence-electron chi connectivity index (χ3n) is 4.35. The quantitative estimate of drug-likeness (QED) is 0.599. The summed E-state index contributed by atoms with van der Waals surface area (Å²) >= 11 is 0. The van der Waals surface area contributed by atoms with Crippen molar-refractivity contribution in [2.24, 2.45) is 0 Å². The molecular formula is C14H21N5O6S2. The number of hydrogen-bond donors (Lipinski definition) is 0. The van der Waals surface area contributed by atoms with E-state index in [0.717, 1.165) is 6.26 Å². The monoisotopic (exact) mass is 419 g/mol. The number of aromatic nitrogens is 3. The summed E-state index contributed by atoms with van der Waals surface area (Å²) in [4.78, 5) is 4.09. The van der Waals surface area contributed by atoms with E-state index >= 15 is 0 Å². The van der Waals surface area contributed by atoms with E-state index in [4.69, 9.17) is 9.05 Å². The molecule has 13 heteroatoms. The summed E-state index contributed by atoms with van der Waals surface area (Å²) < 4.78 is 62.1. The fraction of sp³-hybridized carbons (Fsp3) is 0.643. The molecule has 27 heavy (non-hydrogen) atoms. The number of nitrogens with zero attached hydrogens (tertiary/aromatic N) is 5. The van der Waals surface area contributed by atoms with Crippen LogP contribution in [0.25, 0.3) is 0 Å². The molecule has 150 valence electrons. The smallest absolute Gasteiger partial charge is 0.248 e. The Hall–Kier alpha value is -1.83.